The monoisotopic (exact) mass is 153 g/mol. The van der Waals surface area contributed by atoms with Gasteiger partial charge in [0.25, 0.3) is 0 Å². The van der Waals surface area contributed by atoms with E-state index in [1.165, 1.54) is 11.3 Å². The van der Waals surface area contributed by atoms with E-state index in [1.807, 2.05) is 17.9 Å². The second kappa shape index (κ2) is 3.53. The Morgan fingerprint density at radius 2 is 2.36 bits per heavy atom. The molecule has 0 aliphatic heterocycles. The lowest BCUT2D eigenvalue weighted by Crippen LogP contribution is -2.08. The SMILES string of the molecule is CCc1cnn(C)c1CCN. The molecule has 0 fully saturated rings. The highest BCUT2D eigenvalue weighted by Gasteiger charge is 2.04. The quantitative estimate of drug-likeness (QED) is 0.686. The van der Waals surface area contributed by atoms with Gasteiger partial charge in [0, 0.05) is 19.2 Å². The van der Waals surface area contributed by atoms with Crippen LogP contribution in [0.1, 0.15) is 18.2 Å². The Labute approximate surface area is 67.2 Å². The highest BCUT2D eigenvalue weighted by Crippen LogP contribution is 2.07. The van der Waals surface area contributed by atoms with E-state index in [0.29, 0.717) is 6.54 Å². The van der Waals surface area contributed by atoms with Crippen LogP contribution in [-0.4, -0.2) is 16.3 Å². The van der Waals surface area contributed by atoms with E-state index in [2.05, 4.69) is 12.0 Å². The Kier molecular flexibility index (Phi) is 2.65. The first kappa shape index (κ1) is 8.27. The molecule has 0 unspecified atom stereocenters. The van der Waals surface area contributed by atoms with Crippen LogP contribution in [0.2, 0.25) is 0 Å². The zero-order valence-corrected chi connectivity index (χ0v) is 7.17. The summed E-state index contributed by atoms with van der Waals surface area (Å²) in [6.45, 7) is 2.84. The lowest BCUT2D eigenvalue weighted by molar-refractivity contribution is 0.703. The fourth-order valence-electron chi connectivity index (χ4n) is 1.26. The molecule has 0 saturated carbocycles. The number of hydrogen-bond acceptors (Lipinski definition) is 2. The van der Waals surface area contributed by atoms with Crippen LogP contribution in [0.15, 0.2) is 6.20 Å². The van der Waals surface area contributed by atoms with Gasteiger partial charge < -0.3 is 5.73 Å². The maximum atomic E-state index is 5.47. The van der Waals surface area contributed by atoms with Gasteiger partial charge in [-0.2, -0.15) is 5.10 Å². The fraction of sp³-hybridized carbons (Fsp3) is 0.625. The van der Waals surface area contributed by atoms with Crippen molar-refractivity contribution in [3.63, 3.8) is 0 Å². The van der Waals surface area contributed by atoms with Gasteiger partial charge in [-0.3, -0.25) is 4.68 Å². The van der Waals surface area contributed by atoms with Crippen molar-refractivity contribution in [2.45, 2.75) is 19.8 Å². The Balaban J connectivity index is 2.88. The van der Waals surface area contributed by atoms with E-state index in [1.54, 1.807) is 0 Å². The maximum Gasteiger partial charge on any atom is 0.0524 e. The summed E-state index contributed by atoms with van der Waals surface area (Å²) in [7, 11) is 1.96. The molecule has 1 rings (SSSR count). The molecule has 0 amide bonds. The third kappa shape index (κ3) is 1.60. The third-order valence-corrected chi connectivity index (χ3v) is 1.91. The second-order valence-electron chi connectivity index (χ2n) is 2.63. The minimum atomic E-state index is 0.701. The summed E-state index contributed by atoms with van der Waals surface area (Å²) in [6.07, 6.45) is 3.90. The van der Waals surface area contributed by atoms with Crippen LogP contribution in [0.4, 0.5) is 0 Å². The normalized spacial score (nSPS) is 10.5. The van der Waals surface area contributed by atoms with Crippen molar-refractivity contribution in [3.8, 4) is 0 Å². The van der Waals surface area contributed by atoms with E-state index in [4.69, 9.17) is 5.73 Å². The molecule has 0 aromatic carbocycles. The van der Waals surface area contributed by atoms with Gasteiger partial charge in [0.05, 0.1) is 6.20 Å². The Hall–Kier alpha value is -0.830. The molecule has 0 radical (unpaired) electrons. The van der Waals surface area contributed by atoms with Crippen molar-refractivity contribution < 1.29 is 0 Å². The molecule has 3 heteroatoms. The predicted molar refractivity (Wildman–Crippen MR) is 45.3 cm³/mol. The van der Waals surface area contributed by atoms with Gasteiger partial charge in [-0.25, -0.2) is 0 Å². The molecule has 3 nitrogen and oxygen atoms in total. The largest absolute Gasteiger partial charge is 0.330 e. The number of aryl methyl sites for hydroxylation is 2. The molecule has 11 heavy (non-hydrogen) atoms. The van der Waals surface area contributed by atoms with Crippen molar-refractivity contribution >= 4 is 0 Å². The molecule has 1 heterocycles. The van der Waals surface area contributed by atoms with Crippen LogP contribution in [-0.2, 0) is 19.9 Å². The Morgan fingerprint density at radius 1 is 1.64 bits per heavy atom. The number of hydrogen-bond donors (Lipinski definition) is 1. The molecule has 0 aliphatic carbocycles. The standard InChI is InChI=1S/C8H15N3/c1-3-7-6-10-11(2)8(7)4-5-9/h6H,3-5,9H2,1-2H3. The molecule has 0 spiro atoms. The van der Waals surface area contributed by atoms with Crippen LogP contribution >= 0.6 is 0 Å². The van der Waals surface area contributed by atoms with E-state index in [0.717, 1.165) is 12.8 Å². The lowest BCUT2D eigenvalue weighted by Gasteiger charge is -2.01. The minimum Gasteiger partial charge on any atom is -0.330 e. The highest BCUT2D eigenvalue weighted by molar-refractivity contribution is 5.17. The van der Waals surface area contributed by atoms with Crippen molar-refractivity contribution in [2.75, 3.05) is 6.54 Å². The summed E-state index contributed by atoms with van der Waals surface area (Å²) in [6, 6.07) is 0. The first-order chi connectivity index (χ1) is 5.29. The van der Waals surface area contributed by atoms with E-state index in [-0.39, 0.29) is 0 Å². The summed E-state index contributed by atoms with van der Waals surface area (Å²) < 4.78 is 1.91. The maximum absolute atomic E-state index is 5.47. The number of nitrogens with two attached hydrogens (primary N) is 1. The molecule has 1 aromatic rings. The average Bonchev–Trinajstić information content (AvgIpc) is 2.34. The van der Waals surface area contributed by atoms with E-state index in [9.17, 15) is 0 Å². The van der Waals surface area contributed by atoms with E-state index < -0.39 is 0 Å². The molecule has 0 saturated heterocycles. The van der Waals surface area contributed by atoms with Gasteiger partial charge in [0.15, 0.2) is 0 Å². The van der Waals surface area contributed by atoms with E-state index >= 15 is 0 Å². The predicted octanol–water partition coefficient (Wildman–Crippen LogP) is 0.484. The lowest BCUT2D eigenvalue weighted by atomic mass is 10.1. The molecule has 1 aromatic heterocycles. The van der Waals surface area contributed by atoms with Crippen LogP contribution in [0.3, 0.4) is 0 Å². The number of rotatable bonds is 3. The Bertz CT molecular complexity index is 227. The van der Waals surface area contributed by atoms with Crippen LogP contribution in [0.5, 0.6) is 0 Å². The fourth-order valence-corrected chi connectivity index (χ4v) is 1.26. The van der Waals surface area contributed by atoms with Gasteiger partial charge in [-0.05, 0) is 18.5 Å². The van der Waals surface area contributed by atoms with Gasteiger partial charge in [0.1, 0.15) is 0 Å². The molecular formula is C8H15N3. The van der Waals surface area contributed by atoms with Crippen molar-refractivity contribution in [1.29, 1.82) is 0 Å². The summed E-state index contributed by atoms with van der Waals surface area (Å²) in [4.78, 5) is 0. The van der Waals surface area contributed by atoms with Crippen LogP contribution < -0.4 is 5.73 Å². The molecule has 2 N–H and O–H groups in total. The smallest absolute Gasteiger partial charge is 0.0524 e. The zero-order valence-electron chi connectivity index (χ0n) is 7.17. The van der Waals surface area contributed by atoms with Crippen molar-refractivity contribution in [2.24, 2.45) is 12.8 Å². The first-order valence-corrected chi connectivity index (χ1v) is 3.99. The third-order valence-electron chi connectivity index (χ3n) is 1.91. The van der Waals surface area contributed by atoms with Crippen molar-refractivity contribution in [1.82, 2.24) is 9.78 Å². The van der Waals surface area contributed by atoms with Gasteiger partial charge in [0.2, 0.25) is 0 Å². The van der Waals surface area contributed by atoms with Gasteiger partial charge >= 0.3 is 0 Å². The first-order valence-electron chi connectivity index (χ1n) is 3.99. The van der Waals surface area contributed by atoms with Gasteiger partial charge in [-0.15, -0.1) is 0 Å². The summed E-state index contributed by atoms with van der Waals surface area (Å²) in [5, 5.41) is 4.17. The number of nitrogens with zero attached hydrogens (tertiary/aromatic N) is 2. The molecule has 0 aliphatic rings. The topological polar surface area (TPSA) is 43.8 Å². The van der Waals surface area contributed by atoms with Crippen LogP contribution in [0.25, 0.3) is 0 Å². The molecule has 0 bridgehead atoms. The van der Waals surface area contributed by atoms with Gasteiger partial charge in [-0.1, -0.05) is 6.92 Å². The highest BCUT2D eigenvalue weighted by atomic mass is 15.3. The average molecular weight is 153 g/mol. The molecule has 62 valence electrons. The molecular weight excluding hydrogens is 138 g/mol. The molecule has 0 atom stereocenters. The Morgan fingerprint density at radius 3 is 2.91 bits per heavy atom. The van der Waals surface area contributed by atoms with Crippen molar-refractivity contribution in [3.05, 3.63) is 17.5 Å². The second-order valence-corrected chi connectivity index (χ2v) is 2.63. The number of aromatic nitrogens is 2. The summed E-state index contributed by atoms with van der Waals surface area (Å²) >= 11 is 0. The minimum absolute atomic E-state index is 0.701. The van der Waals surface area contributed by atoms with Crippen LogP contribution in [0, 0.1) is 0 Å². The summed E-state index contributed by atoms with van der Waals surface area (Å²) in [5.41, 5.74) is 8.06. The summed E-state index contributed by atoms with van der Waals surface area (Å²) in [5.74, 6) is 0. The zero-order chi connectivity index (χ0) is 8.27.